The van der Waals surface area contributed by atoms with E-state index >= 15 is 0 Å². The highest BCUT2D eigenvalue weighted by Crippen LogP contribution is 2.33. The summed E-state index contributed by atoms with van der Waals surface area (Å²) in [6.45, 7) is 4.13. The lowest BCUT2D eigenvalue weighted by Crippen LogP contribution is -2.43. The molecule has 1 aromatic rings. The average molecular weight is 306 g/mol. The van der Waals surface area contributed by atoms with Crippen molar-refractivity contribution in [3.63, 3.8) is 0 Å². The molecule has 1 aliphatic carbocycles. The number of benzene rings is 1. The fourth-order valence-corrected chi connectivity index (χ4v) is 2.97. The number of carbonyl (C=O) groups is 1. The molecule has 1 aromatic carbocycles. The molecular formula is C17H26N2O3. The van der Waals surface area contributed by atoms with E-state index in [2.05, 4.69) is 17.6 Å². The molecule has 0 heterocycles. The first kappa shape index (κ1) is 16.5. The second-order valence-electron chi connectivity index (χ2n) is 5.99. The third kappa shape index (κ3) is 3.84. The van der Waals surface area contributed by atoms with Crippen LogP contribution in [0.2, 0.25) is 0 Å². The van der Waals surface area contributed by atoms with Gasteiger partial charge in [0.05, 0.1) is 14.2 Å². The predicted octanol–water partition coefficient (Wildman–Crippen LogP) is 3.71. The highest BCUT2D eigenvalue weighted by molar-refractivity contribution is 5.90. The first-order valence-electron chi connectivity index (χ1n) is 7.85. The number of rotatable bonds is 4. The normalized spacial score (nSPS) is 21.1. The number of amides is 2. The molecule has 0 aromatic heterocycles. The zero-order valence-corrected chi connectivity index (χ0v) is 13.9. The van der Waals surface area contributed by atoms with Gasteiger partial charge in [0, 0.05) is 17.8 Å². The topological polar surface area (TPSA) is 59.6 Å². The van der Waals surface area contributed by atoms with Crippen molar-refractivity contribution in [2.75, 3.05) is 19.5 Å². The van der Waals surface area contributed by atoms with E-state index in [9.17, 15) is 4.79 Å². The molecule has 22 heavy (non-hydrogen) atoms. The number of hydrogen-bond donors (Lipinski definition) is 2. The molecule has 0 bridgehead atoms. The summed E-state index contributed by atoms with van der Waals surface area (Å²) in [4.78, 5) is 12.2. The highest BCUT2D eigenvalue weighted by Gasteiger charge is 2.23. The molecule has 122 valence electrons. The van der Waals surface area contributed by atoms with Crippen molar-refractivity contribution >= 4 is 11.7 Å². The summed E-state index contributed by atoms with van der Waals surface area (Å²) >= 11 is 0. The van der Waals surface area contributed by atoms with Crippen molar-refractivity contribution in [3.05, 3.63) is 17.7 Å². The fraction of sp³-hybridized carbons (Fsp3) is 0.588. The molecule has 2 N–H and O–H groups in total. The molecule has 0 saturated heterocycles. The molecule has 2 amide bonds. The summed E-state index contributed by atoms with van der Waals surface area (Å²) in [5, 5.41) is 6.01. The lowest BCUT2D eigenvalue weighted by molar-refractivity contribution is 0.232. The SMILES string of the molecule is COc1cc(C)c(NC(=O)N[C@H]2CCCC[C@@H]2C)cc1OC. The first-order chi connectivity index (χ1) is 10.5. The van der Waals surface area contributed by atoms with Gasteiger partial charge in [-0.1, -0.05) is 19.8 Å². The van der Waals surface area contributed by atoms with Crippen LogP contribution in [-0.2, 0) is 0 Å². The van der Waals surface area contributed by atoms with Crippen LogP contribution < -0.4 is 20.1 Å². The van der Waals surface area contributed by atoms with E-state index in [0.29, 0.717) is 17.4 Å². The van der Waals surface area contributed by atoms with Gasteiger partial charge in [0.15, 0.2) is 11.5 Å². The Labute approximate surface area is 132 Å². The quantitative estimate of drug-likeness (QED) is 0.891. The molecule has 5 heteroatoms. The van der Waals surface area contributed by atoms with E-state index in [1.165, 1.54) is 19.3 Å². The maximum Gasteiger partial charge on any atom is 0.319 e. The maximum atomic E-state index is 12.2. The number of carbonyl (C=O) groups excluding carboxylic acids is 1. The van der Waals surface area contributed by atoms with Gasteiger partial charge in [-0.2, -0.15) is 0 Å². The van der Waals surface area contributed by atoms with E-state index in [1.54, 1.807) is 20.3 Å². The van der Waals surface area contributed by atoms with Crippen LogP contribution in [0.3, 0.4) is 0 Å². The number of nitrogens with one attached hydrogen (secondary N) is 2. The van der Waals surface area contributed by atoms with E-state index in [1.807, 2.05) is 13.0 Å². The van der Waals surface area contributed by atoms with Crippen LogP contribution in [0.25, 0.3) is 0 Å². The zero-order chi connectivity index (χ0) is 16.1. The number of aryl methyl sites for hydroxylation is 1. The van der Waals surface area contributed by atoms with Crippen LogP contribution in [0, 0.1) is 12.8 Å². The van der Waals surface area contributed by atoms with E-state index in [4.69, 9.17) is 9.47 Å². The Bertz CT molecular complexity index is 531. The number of ether oxygens (including phenoxy) is 2. The fourth-order valence-electron chi connectivity index (χ4n) is 2.97. The van der Waals surface area contributed by atoms with E-state index in [0.717, 1.165) is 17.7 Å². The molecule has 1 fully saturated rings. The van der Waals surface area contributed by atoms with Crippen molar-refractivity contribution in [3.8, 4) is 11.5 Å². The molecule has 0 aliphatic heterocycles. The smallest absolute Gasteiger partial charge is 0.319 e. The molecule has 0 unspecified atom stereocenters. The number of hydrogen-bond acceptors (Lipinski definition) is 3. The Morgan fingerprint density at radius 3 is 2.41 bits per heavy atom. The lowest BCUT2D eigenvalue weighted by atomic mass is 9.86. The Balaban J connectivity index is 2.04. The van der Waals surface area contributed by atoms with Crippen molar-refractivity contribution in [1.82, 2.24) is 5.32 Å². The summed E-state index contributed by atoms with van der Waals surface area (Å²) in [5.74, 6) is 1.80. The van der Waals surface area contributed by atoms with Crippen LogP contribution in [-0.4, -0.2) is 26.3 Å². The van der Waals surface area contributed by atoms with Gasteiger partial charge in [-0.15, -0.1) is 0 Å². The van der Waals surface area contributed by atoms with Crippen LogP contribution in [0.5, 0.6) is 11.5 Å². The summed E-state index contributed by atoms with van der Waals surface area (Å²) in [6.07, 6.45) is 4.68. The lowest BCUT2D eigenvalue weighted by Gasteiger charge is -2.29. The van der Waals surface area contributed by atoms with Gasteiger partial charge in [-0.05, 0) is 37.3 Å². The van der Waals surface area contributed by atoms with Crippen molar-refractivity contribution in [2.45, 2.75) is 45.6 Å². The van der Waals surface area contributed by atoms with Gasteiger partial charge >= 0.3 is 6.03 Å². The molecule has 0 spiro atoms. The summed E-state index contributed by atoms with van der Waals surface area (Å²) in [6, 6.07) is 3.75. The molecule has 2 rings (SSSR count). The Kier molecular flexibility index (Phi) is 5.52. The van der Waals surface area contributed by atoms with Gasteiger partial charge in [0.1, 0.15) is 0 Å². The molecule has 1 aliphatic rings. The third-order valence-corrected chi connectivity index (χ3v) is 4.41. The average Bonchev–Trinajstić information content (AvgIpc) is 2.51. The minimum absolute atomic E-state index is 0.158. The zero-order valence-electron chi connectivity index (χ0n) is 13.9. The minimum atomic E-state index is -0.158. The highest BCUT2D eigenvalue weighted by atomic mass is 16.5. The van der Waals surface area contributed by atoms with Gasteiger partial charge in [-0.3, -0.25) is 0 Å². The number of urea groups is 1. The number of methoxy groups -OCH3 is 2. The summed E-state index contributed by atoms with van der Waals surface area (Å²) in [7, 11) is 3.18. The molecular weight excluding hydrogens is 280 g/mol. The maximum absolute atomic E-state index is 12.2. The van der Waals surface area contributed by atoms with Gasteiger partial charge < -0.3 is 20.1 Å². The van der Waals surface area contributed by atoms with Crippen LogP contribution in [0.1, 0.15) is 38.2 Å². The Morgan fingerprint density at radius 1 is 1.14 bits per heavy atom. The largest absolute Gasteiger partial charge is 0.493 e. The molecule has 2 atom stereocenters. The van der Waals surface area contributed by atoms with Crippen molar-refractivity contribution in [1.29, 1.82) is 0 Å². The van der Waals surface area contributed by atoms with E-state index < -0.39 is 0 Å². The minimum Gasteiger partial charge on any atom is -0.493 e. The Hall–Kier alpha value is -1.91. The summed E-state index contributed by atoms with van der Waals surface area (Å²) in [5.41, 5.74) is 1.67. The summed E-state index contributed by atoms with van der Waals surface area (Å²) < 4.78 is 10.5. The first-order valence-corrected chi connectivity index (χ1v) is 7.85. The van der Waals surface area contributed by atoms with Crippen molar-refractivity contribution in [2.24, 2.45) is 5.92 Å². The molecule has 1 saturated carbocycles. The predicted molar refractivity (Wildman–Crippen MR) is 87.9 cm³/mol. The van der Waals surface area contributed by atoms with Gasteiger partial charge in [-0.25, -0.2) is 4.79 Å². The number of anilines is 1. The van der Waals surface area contributed by atoms with Gasteiger partial charge in [0.2, 0.25) is 0 Å². The van der Waals surface area contributed by atoms with Crippen LogP contribution in [0.4, 0.5) is 10.5 Å². The Morgan fingerprint density at radius 2 is 1.77 bits per heavy atom. The van der Waals surface area contributed by atoms with Gasteiger partial charge in [0.25, 0.3) is 0 Å². The second kappa shape index (κ2) is 7.38. The standard InChI is InChI=1S/C17H26N2O3/c1-11-7-5-6-8-13(11)18-17(20)19-14-10-16(22-4)15(21-3)9-12(14)2/h9-11,13H,5-8H2,1-4H3,(H2,18,19,20)/t11-,13-/m0/s1. The molecule has 5 nitrogen and oxygen atoms in total. The monoisotopic (exact) mass is 306 g/mol. The molecule has 0 radical (unpaired) electrons. The third-order valence-electron chi connectivity index (χ3n) is 4.41. The van der Waals surface area contributed by atoms with Crippen molar-refractivity contribution < 1.29 is 14.3 Å². The van der Waals surface area contributed by atoms with Crippen LogP contribution in [0.15, 0.2) is 12.1 Å². The second-order valence-corrected chi connectivity index (χ2v) is 5.99. The van der Waals surface area contributed by atoms with E-state index in [-0.39, 0.29) is 12.1 Å². The van der Waals surface area contributed by atoms with Crippen LogP contribution >= 0.6 is 0 Å².